The molecule has 3 aliphatic rings. The largest absolute Gasteiger partial charge is 0.367 e. The summed E-state index contributed by atoms with van der Waals surface area (Å²) in [7, 11) is 0. The van der Waals surface area contributed by atoms with Gasteiger partial charge in [-0.1, -0.05) is 78.9 Å². The monoisotopic (exact) mass is 692 g/mol. The molecule has 0 saturated carbocycles. The van der Waals surface area contributed by atoms with Crippen LogP contribution in [-0.4, -0.2) is 57.2 Å². The topological polar surface area (TPSA) is 155 Å². The lowest BCUT2D eigenvalue weighted by Crippen LogP contribution is -2.54. The summed E-state index contributed by atoms with van der Waals surface area (Å²) in [5.41, 5.74) is 17.2. The van der Waals surface area contributed by atoms with Gasteiger partial charge in [-0.2, -0.15) is 0 Å². The second-order valence-corrected chi connectivity index (χ2v) is 14.1. The Hall–Kier alpha value is -6.03. The van der Waals surface area contributed by atoms with Gasteiger partial charge in [-0.15, -0.1) is 0 Å². The first-order valence-corrected chi connectivity index (χ1v) is 17.8. The number of H-pyrrole nitrogens is 1. The highest BCUT2D eigenvalue weighted by atomic mass is 16.2. The molecule has 10 heteroatoms. The van der Waals surface area contributed by atoms with Crippen molar-refractivity contribution in [3.05, 3.63) is 137 Å². The summed E-state index contributed by atoms with van der Waals surface area (Å²) in [6.45, 7) is 0.915. The fourth-order valence-corrected chi connectivity index (χ4v) is 8.60. The number of fused-ring (bicyclic) bond motifs is 2. The van der Waals surface area contributed by atoms with Gasteiger partial charge in [-0.05, 0) is 77.8 Å². The van der Waals surface area contributed by atoms with E-state index in [0.717, 1.165) is 44.7 Å². The van der Waals surface area contributed by atoms with Crippen LogP contribution in [0.25, 0.3) is 10.9 Å². The summed E-state index contributed by atoms with van der Waals surface area (Å²) in [6.07, 6.45) is 3.17. The van der Waals surface area contributed by atoms with Gasteiger partial charge in [0.1, 0.15) is 11.1 Å². The first-order valence-electron chi connectivity index (χ1n) is 17.8. The highest BCUT2D eigenvalue weighted by Crippen LogP contribution is 2.43. The zero-order valence-corrected chi connectivity index (χ0v) is 28.8. The van der Waals surface area contributed by atoms with Crippen molar-refractivity contribution in [3.8, 4) is 0 Å². The molecule has 5 aromatic rings. The van der Waals surface area contributed by atoms with Crippen LogP contribution in [0, 0.1) is 0 Å². The van der Waals surface area contributed by atoms with E-state index in [-0.39, 0.29) is 24.7 Å². The molecular weight excluding hydrogens is 652 g/mol. The highest BCUT2D eigenvalue weighted by Gasteiger charge is 2.51. The van der Waals surface area contributed by atoms with Crippen molar-refractivity contribution in [1.29, 1.82) is 0 Å². The van der Waals surface area contributed by atoms with Crippen molar-refractivity contribution >= 4 is 45.9 Å². The Bertz CT molecular complexity index is 2260. The van der Waals surface area contributed by atoms with E-state index < -0.39 is 22.9 Å². The van der Waals surface area contributed by atoms with Gasteiger partial charge in [0.2, 0.25) is 23.6 Å². The molecule has 4 heterocycles. The van der Waals surface area contributed by atoms with Gasteiger partial charge in [-0.25, -0.2) is 0 Å². The van der Waals surface area contributed by atoms with Crippen LogP contribution in [0.2, 0.25) is 0 Å². The Kier molecular flexibility index (Phi) is 8.24. The summed E-state index contributed by atoms with van der Waals surface area (Å²) < 4.78 is 0. The Labute approximate surface area is 301 Å². The average Bonchev–Trinajstić information content (AvgIpc) is 3.96. The minimum Gasteiger partial charge on any atom is -0.367 e. The zero-order valence-electron chi connectivity index (χ0n) is 28.8. The highest BCUT2D eigenvalue weighted by molar-refractivity contribution is 6.08. The van der Waals surface area contributed by atoms with Gasteiger partial charge in [0.05, 0.1) is 29.9 Å². The normalized spacial score (nSPS) is 21.0. The van der Waals surface area contributed by atoms with Crippen LogP contribution in [0.3, 0.4) is 0 Å². The number of nitrogens with zero attached hydrogens (tertiary/aromatic N) is 3. The quantitative estimate of drug-likeness (QED) is 0.200. The lowest BCUT2D eigenvalue weighted by atomic mass is 9.84. The molecule has 5 N–H and O–H groups in total. The van der Waals surface area contributed by atoms with E-state index in [9.17, 15) is 19.2 Å². The van der Waals surface area contributed by atoms with E-state index in [2.05, 4.69) is 4.98 Å². The predicted molar refractivity (Wildman–Crippen MR) is 199 cm³/mol. The molecule has 0 radical (unpaired) electrons. The number of carbonyl (C=O) groups excluding carboxylic acids is 4. The van der Waals surface area contributed by atoms with E-state index >= 15 is 0 Å². The van der Waals surface area contributed by atoms with Crippen molar-refractivity contribution in [2.24, 2.45) is 16.5 Å². The average molecular weight is 693 g/mol. The molecule has 2 unspecified atom stereocenters. The molecule has 4 aromatic carbocycles. The number of amides is 4. The molecule has 52 heavy (non-hydrogen) atoms. The van der Waals surface area contributed by atoms with Crippen LogP contribution in [0.4, 0.5) is 5.69 Å². The van der Waals surface area contributed by atoms with Crippen LogP contribution in [0.15, 0.2) is 108 Å². The first-order chi connectivity index (χ1) is 25.2. The number of benzene rings is 4. The fourth-order valence-electron chi connectivity index (χ4n) is 8.60. The van der Waals surface area contributed by atoms with E-state index in [4.69, 9.17) is 16.5 Å². The van der Waals surface area contributed by atoms with Crippen LogP contribution >= 0.6 is 0 Å². The van der Waals surface area contributed by atoms with Gasteiger partial charge in [-0.3, -0.25) is 24.2 Å². The molecule has 4 amide bonds. The number of hydrogen-bond acceptors (Lipinski definition) is 5. The molecule has 262 valence electrons. The Morgan fingerprint density at radius 3 is 1.77 bits per heavy atom. The summed E-state index contributed by atoms with van der Waals surface area (Å²) >= 11 is 0. The van der Waals surface area contributed by atoms with Crippen LogP contribution in [-0.2, 0) is 49.5 Å². The van der Waals surface area contributed by atoms with Crippen molar-refractivity contribution in [2.45, 2.75) is 56.0 Å². The number of aromatic amines is 1. The molecule has 3 aliphatic heterocycles. The molecule has 2 fully saturated rings. The minimum atomic E-state index is -1.23. The third-order valence-corrected chi connectivity index (χ3v) is 11.2. The van der Waals surface area contributed by atoms with E-state index in [1.165, 1.54) is 0 Å². The third-order valence-electron chi connectivity index (χ3n) is 11.2. The minimum absolute atomic E-state index is 0.128. The van der Waals surface area contributed by atoms with Crippen molar-refractivity contribution in [2.75, 3.05) is 13.1 Å². The standard InChI is InChI=1S/C42H40N6O4/c43-39(51)41(17-7-19-47(41)37(49)21-27-9-3-1-4-10-27)31-13-15-33-29(23-31)25-35(45-33)36-26-30-24-32(14-16-34(30)46-36)42(40(44)52)18-8-20-48(42)38(50)22-28-11-5-2-6-12-28/h1-6,9-16,23-25,45H,7-8,17-22,26H2,(H2,43,51)(H2,44,52). The molecule has 10 nitrogen and oxygen atoms in total. The summed E-state index contributed by atoms with van der Waals surface area (Å²) in [5, 5.41) is 0.876. The number of likely N-dealkylation sites (tertiary alicyclic amines) is 2. The van der Waals surface area contributed by atoms with E-state index in [0.29, 0.717) is 56.3 Å². The number of primary amides is 2. The summed E-state index contributed by atoms with van der Waals surface area (Å²) in [6, 6.07) is 32.6. The molecule has 0 bridgehead atoms. The van der Waals surface area contributed by atoms with Crippen LogP contribution in [0.5, 0.6) is 0 Å². The van der Waals surface area contributed by atoms with Crippen LogP contribution < -0.4 is 11.5 Å². The van der Waals surface area contributed by atoms with Gasteiger partial charge in [0, 0.05) is 30.4 Å². The Morgan fingerprint density at radius 1 is 0.673 bits per heavy atom. The molecule has 0 spiro atoms. The summed E-state index contributed by atoms with van der Waals surface area (Å²) in [5.74, 6) is -1.33. The zero-order chi connectivity index (χ0) is 36.0. The predicted octanol–water partition coefficient (Wildman–Crippen LogP) is 4.94. The van der Waals surface area contributed by atoms with Crippen molar-refractivity contribution in [1.82, 2.24) is 14.8 Å². The van der Waals surface area contributed by atoms with Gasteiger partial charge in [0.25, 0.3) is 0 Å². The van der Waals surface area contributed by atoms with Crippen molar-refractivity contribution < 1.29 is 19.2 Å². The SMILES string of the molecule is NC(=O)C1(c2ccc3c(c2)CC(c2cc4cc(C5(C(N)=O)CCCN5C(=O)Cc5ccccc5)ccc4[nH]2)=N3)CCCN1C(=O)Cc1ccccc1. The molecular formula is C42H40N6O4. The molecule has 2 saturated heterocycles. The number of aliphatic imine (C=N–C) groups is 1. The second kappa shape index (κ2) is 12.9. The van der Waals surface area contributed by atoms with E-state index in [1.54, 1.807) is 9.80 Å². The smallest absolute Gasteiger partial charge is 0.248 e. The number of rotatable bonds is 9. The number of hydrogen-bond donors (Lipinski definition) is 3. The lowest BCUT2D eigenvalue weighted by molar-refractivity contribution is -0.143. The molecule has 8 rings (SSSR count). The van der Waals surface area contributed by atoms with Gasteiger partial charge >= 0.3 is 0 Å². The van der Waals surface area contributed by atoms with Crippen molar-refractivity contribution in [3.63, 3.8) is 0 Å². The number of nitrogens with one attached hydrogen (secondary N) is 1. The molecule has 1 aromatic heterocycles. The lowest BCUT2D eigenvalue weighted by Gasteiger charge is -2.36. The number of nitrogens with two attached hydrogens (primary N) is 2. The van der Waals surface area contributed by atoms with Gasteiger partial charge < -0.3 is 26.3 Å². The third kappa shape index (κ3) is 5.46. The summed E-state index contributed by atoms with van der Waals surface area (Å²) in [4.78, 5) is 65.4. The maximum atomic E-state index is 13.6. The van der Waals surface area contributed by atoms with Crippen LogP contribution in [0.1, 0.15) is 59.2 Å². The Balaban J connectivity index is 1.05. The first kappa shape index (κ1) is 33.1. The van der Waals surface area contributed by atoms with E-state index in [1.807, 2.05) is 103 Å². The molecule has 2 atom stereocenters. The fraction of sp³-hybridized carbons (Fsp3) is 0.262. The number of carbonyl (C=O) groups is 4. The maximum Gasteiger partial charge on any atom is 0.248 e. The second-order valence-electron chi connectivity index (χ2n) is 14.1. The molecule has 0 aliphatic carbocycles. The Morgan fingerprint density at radius 2 is 1.21 bits per heavy atom. The maximum absolute atomic E-state index is 13.6. The van der Waals surface area contributed by atoms with Gasteiger partial charge in [0.15, 0.2) is 0 Å². The number of aromatic nitrogens is 1.